The maximum absolute atomic E-state index is 14.0. The van der Waals surface area contributed by atoms with Crippen molar-refractivity contribution in [2.45, 2.75) is 44.2 Å². The smallest absolute Gasteiger partial charge is 0.303 e. The van der Waals surface area contributed by atoms with Crippen molar-refractivity contribution in [1.29, 1.82) is 0 Å². The Morgan fingerprint density at radius 3 is 2.61 bits per heavy atom. The predicted octanol–water partition coefficient (Wildman–Crippen LogP) is 5.60. The van der Waals surface area contributed by atoms with Gasteiger partial charge in [0.15, 0.2) is 4.90 Å². The zero-order valence-corrected chi connectivity index (χ0v) is 23.1. The number of carboxylic acids is 1. The van der Waals surface area contributed by atoms with E-state index in [1.165, 1.54) is 15.2 Å². The molecule has 0 saturated carbocycles. The molecule has 1 aliphatic rings. The van der Waals surface area contributed by atoms with Gasteiger partial charge in [0.25, 0.3) is 15.9 Å². The number of carboxylic acid groups (broad SMARTS) is 1. The van der Waals surface area contributed by atoms with Crippen LogP contribution in [0.2, 0.25) is 10.0 Å². The minimum atomic E-state index is -4.16. The van der Waals surface area contributed by atoms with Crippen LogP contribution in [0, 0.1) is 0 Å². The van der Waals surface area contributed by atoms with Crippen LogP contribution in [-0.2, 0) is 21.4 Å². The van der Waals surface area contributed by atoms with Crippen LogP contribution in [0.3, 0.4) is 0 Å². The van der Waals surface area contributed by atoms with E-state index in [0.717, 1.165) is 0 Å². The molecule has 1 N–H and O–H groups in total. The van der Waals surface area contributed by atoms with E-state index in [9.17, 15) is 13.2 Å². The quantitative estimate of drug-likeness (QED) is 0.311. The fraction of sp³-hybridized carbons (Fsp3) is 0.308. The van der Waals surface area contributed by atoms with Gasteiger partial charge in [0.1, 0.15) is 11.9 Å². The normalized spacial score (nSPS) is 15.4. The number of hydrogen-bond acceptors (Lipinski definition) is 6. The highest BCUT2D eigenvalue weighted by Gasteiger charge is 2.37. The van der Waals surface area contributed by atoms with Crippen molar-refractivity contribution in [2.75, 3.05) is 17.5 Å². The van der Waals surface area contributed by atoms with Gasteiger partial charge in [-0.05, 0) is 50.1 Å². The van der Waals surface area contributed by atoms with Gasteiger partial charge in [-0.1, -0.05) is 47.5 Å². The lowest BCUT2D eigenvalue weighted by Gasteiger charge is -2.35. The largest absolute Gasteiger partial charge is 0.486 e. The molecule has 1 atom stereocenters. The van der Waals surface area contributed by atoms with Gasteiger partial charge in [0.05, 0.1) is 18.8 Å². The summed E-state index contributed by atoms with van der Waals surface area (Å²) in [5, 5.41) is 14.4. The predicted molar refractivity (Wildman–Crippen MR) is 147 cm³/mol. The Hall–Kier alpha value is -3.21. The number of aryl methyl sites for hydroxylation is 1. The van der Waals surface area contributed by atoms with E-state index in [0.29, 0.717) is 39.2 Å². The highest BCUT2D eigenvalue weighted by atomic mass is 35.5. The van der Waals surface area contributed by atoms with Crippen molar-refractivity contribution in [3.63, 3.8) is 0 Å². The monoisotopic (exact) mass is 579 g/mol. The fourth-order valence-electron chi connectivity index (χ4n) is 4.02. The van der Waals surface area contributed by atoms with E-state index < -0.39 is 22.1 Å². The van der Waals surface area contributed by atoms with Crippen LogP contribution in [0.1, 0.15) is 37.8 Å². The Balaban J connectivity index is 1.77. The Morgan fingerprint density at radius 2 is 1.95 bits per heavy atom. The molecule has 12 heteroatoms. The van der Waals surface area contributed by atoms with Crippen LogP contribution in [-0.4, -0.2) is 48.5 Å². The number of anilines is 1. The molecule has 0 spiro atoms. The number of sulfonamides is 1. The molecule has 38 heavy (non-hydrogen) atoms. The first kappa shape index (κ1) is 27.8. The zero-order valence-electron chi connectivity index (χ0n) is 20.8. The number of nitrogens with zero attached hydrogens (tertiary/aromatic N) is 3. The summed E-state index contributed by atoms with van der Waals surface area (Å²) >= 11 is 12.6. The molecule has 0 amide bonds. The number of benzene rings is 2. The number of hydrogen-bond donors (Lipinski definition) is 1. The summed E-state index contributed by atoms with van der Waals surface area (Å²) in [6.07, 6.45) is 4.28. The second-order valence-electron chi connectivity index (χ2n) is 8.49. The number of halogens is 2. The maximum Gasteiger partial charge on any atom is 0.303 e. The second kappa shape index (κ2) is 11.7. The Bertz CT molecular complexity index is 1450. The fourth-order valence-corrected chi connectivity index (χ4v) is 6.12. The molecular weight excluding hydrogens is 553 g/mol. The molecule has 0 fully saturated rings. The SMILES string of the molecule is CCOc1nn(CC)cc1S(=O)(=O)N1C[C@H](CCC(=O)O)Oc2ccc(/C=C/c3c(Cl)cccc3Cl)cc21. The van der Waals surface area contributed by atoms with E-state index in [-0.39, 0.29) is 36.8 Å². The first-order chi connectivity index (χ1) is 18.1. The molecule has 0 unspecified atom stereocenters. The summed E-state index contributed by atoms with van der Waals surface area (Å²) in [4.78, 5) is 11.1. The van der Waals surface area contributed by atoms with Gasteiger partial charge in [-0.3, -0.25) is 13.8 Å². The van der Waals surface area contributed by atoms with Gasteiger partial charge < -0.3 is 14.6 Å². The van der Waals surface area contributed by atoms with Crippen molar-refractivity contribution >= 4 is 57.0 Å². The third-order valence-corrected chi connectivity index (χ3v) is 8.33. The lowest BCUT2D eigenvalue weighted by molar-refractivity contribution is -0.137. The molecule has 202 valence electrons. The topological polar surface area (TPSA) is 111 Å². The minimum Gasteiger partial charge on any atom is -0.486 e. The van der Waals surface area contributed by atoms with Crippen LogP contribution < -0.4 is 13.8 Å². The van der Waals surface area contributed by atoms with Gasteiger partial charge in [-0.15, -0.1) is 5.10 Å². The van der Waals surface area contributed by atoms with Crippen LogP contribution in [0.4, 0.5) is 5.69 Å². The number of aromatic nitrogens is 2. The highest BCUT2D eigenvalue weighted by molar-refractivity contribution is 7.93. The van der Waals surface area contributed by atoms with E-state index in [2.05, 4.69) is 5.10 Å². The lowest BCUT2D eigenvalue weighted by atomic mass is 10.1. The van der Waals surface area contributed by atoms with Crippen molar-refractivity contribution in [1.82, 2.24) is 9.78 Å². The third-order valence-electron chi connectivity index (χ3n) is 5.91. The standard InChI is InChI=1S/C26H27Cl2N3O6S/c1-3-30-16-24(26(29-30)36-4-2)38(34,35)31-15-18(10-13-25(32)33)37-23-12-9-17(14-22(23)31)8-11-19-20(27)6-5-7-21(19)28/h5-9,11-12,14,16,18H,3-4,10,13,15H2,1-2H3,(H,32,33)/b11-8+/t18-/m0/s1. The number of fused-ring (bicyclic) bond motifs is 1. The first-order valence-electron chi connectivity index (χ1n) is 12.0. The van der Waals surface area contributed by atoms with Crippen LogP contribution in [0.25, 0.3) is 12.2 Å². The average Bonchev–Trinajstić information content (AvgIpc) is 3.31. The summed E-state index contributed by atoms with van der Waals surface area (Å²) in [5.41, 5.74) is 1.63. The van der Waals surface area contributed by atoms with Crippen LogP contribution in [0.5, 0.6) is 11.6 Å². The van der Waals surface area contributed by atoms with Crippen molar-refractivity contribution < 1.29 is 27.8 Å². The van der Waals surface area contributed by atoms with E-state index in [4.69, 9.17) is 37.8 Å². The van der Waals surface area contributed by atoms with E-state index in [1.807, 2.05) is 6.92 Å². The Kier molecular flexibility index (Phi) is 8.54. The molecule has 0 bridgehead atoms. The van der Waals surface area contributed by atoms with Crippen molar-refractivity contribution in [3.8, 4) is 11.6 Å². The maximum atomic E-state index is 14.0. The summed E-state index contributed by atoms with van der Waals surface area (Å²) < 4.78 is 42.3. The van der Waals surface area contributed by atoms with Gasteiger partial charge in [-0.2, -0.15) is 0 Å². The van der Waals surface area contributed by atoms with Gasteiger partial charge in [0, 0.05) is 34.8 Å². The molecule has 4 rings (SSSR count). The molecule has 0 saturated heterocycles. The average molecular weight is 580 g/mol. The first-order valence-corrected chi connectivity index (χ1v) is 14.2. The molecule has 0 radical (unpaired) electrons. The number of aliphatic carboxylic acids is 1. The Morgan fingerprint density at radius 1 is 1.21 bits per heavy atom. The van der Waals surface area contributed by atoms with Crippen LogP contribution in [0.15, 0.2) is 47.5 Å². The highest BCUT2D eigenvalue weighted by Crippen LogP contribution is 2.40. The Labute approximate surface area is 231 Å². The molecule has 2 heterocycles. The minimum absolute atomic E-state index is 0.00823. The number of ether oxygens (including phenoxy) is 2. The van der Waals surface area contributed by atoms with Gasteiger partial charge >= 0.3 is 5.97 Å². The molecule has 2 aromatic carbocycles. The summed E-state index contributed by atoms with van der Waals surface area (Å²) in [6, 6.07) is 10.3. The molecular formula is C26H27Cl2N3O6S. The summed E-state index contributed by atoms with van der Waals surface area (Å²) in [5.74, 6) is -0.659. The second-order valence-corrected chi connectivity index (χ2v) is 11.1. The molecule has 9 nitrogen and oxygen atoms in total. The van der Waals surface area contributed by atoms with Crippen molar-refractivity contribution in [2.24, 2.45) is 0 Å². The van der Waals surface area contributed by atoms with Crippen molar-refractivity contribution in [3.05, 3.63) is 63.8 Å². The van der Waals surface area contributed by atoms with E-state index in [1.54, 1.807) is 55.5 Å². The zero-order chi connectivity index (χ0) is 27.4. The molecule has 1 aliphatic heterocycles. The molecule has 3 aromatic rings. The van der Waals surface area contributed by atoms with Gasteiger partial charge in [-0.25, -0.2) is 8.42 Å². The van der Waals surface area contributed by atoms with Crippen LogP contribution >= 0.6 is 23.2 Å². The van der Waals surface area contributed by atoms with Gasteiger partial charge in [0.2, 0.25) is 0 Å². The summed E-state index contributed by atoms with van der Waals surface area (Å²) in [7, 11) is -4.16. The third kappa shape index (κ3) is 5.92. The number of rotatable bonds is 10. The lowest BCUT2D eigenvalue weighted by Crippen LogP contribution is -2.43. The van der Waals surface area contributed by atoms with E-state index >= 15 is 0 Å². The summed E-state index contributed by atoms with van der Waals surface area (Å²) in [6.45, 7) is 4.21. The number of carbonyl (C=O) groups is 1. The molecule has 1 aromatic heterocycles. The molecule has 0 aliphatic carbocycles.